The first-order valence-electron chi connectivity index (χ1n) is 6.52. The van der Waals surface area contributed by atoms with Gasteiger partial charge in [-0.1, -0.05) is 17.2 Å². The number of piperidine rings is 1. The Labute approximate surface area is 109 Å². The van der Waals surface area contributed by atoms with Crippen molar-refractivity contribution in [3.63, 3.8) is 0 Å². The first-order valence-corrected chi connectivity index (χ1v) is 6.52. The van der Waals surface area contributed by atoms with E-state index >= 15 is 0 Å². The van der Waals surface area contributed by atoms with Crippen LogP contribution >= 0.6 is 0 Å². The summed E-state index contributed by atoms with van der Waals surface area (Å²) in [5, 5.41) is 0. The Kier molecular flexibility index (Phi) is 4.02. The van der Waals surface area contributed by atoms with Gasteiger partial charge >= 0.3 is 5.97 Å². The Morgan fingerprint density at radius 1 is 1.17 bits per heavy atom. The highest BCUT2D eigenvalue weighted by molar-refractivity contribution is 5.90. The van der Waals surface area contributed by atoms with Gasteiger partial charge in [-0.3, -0.25) is 0 Å². The van der Waals surface area contributed by atoms with E-state index in [9.17, 15) is 4.79 Å². The van der Waals surface area contributed by atoms with E-state index in [1.54, 1.807) is 0 Å². The van der Waals surface area contributed by atoms with Crippen LogP contribution in [0.2, 0.25) is 0 Å². The molecule has 0 atom stereocenters. The van der Waals surface area contributed by atoms with Crippen LogP contribution < -0.4 is 0 Å². The van der Waals surface area contributed by atoms with Gasteiger partial charge < -0.3 is 9.64 Å². The van der Waals surface area contributed by atoms with Gasteiger partial charge in [-0.25, -0.2) is 4.79 Å². The third kappa shape index (κ3) is 3.33. The van der Waals surface area contributed by atoms with Crippen LogP contribution in [0, 0.1) is 13.8 Å². The minimum atomic E-state index is -0.184. The molecule has 1 aliphatic rings. The zero-order valence-corrected chi connectivity index (χ0v) is 11.4. The molecular formula is C15H21NO2. The highest BCUT2D eigenvalue weighted by atomic mass is 16.5. The van der Waals surface area contributed by atoms with Gasteiger partial charge in [0.05, 0.1) is 5.56 Å². The van der Waals surface area contributed by atoms with Gasteiger partial charge in [0.25, 0.3) is 0 Å². The number of likely N-dealkylation sites (tertiary alicyclic amines) is 1. The zero-order chi connectivity index (χ0) is 13.1. The van der Waals surface area contributed by atoms with Gasteiger partial charge in [0.1, 0.15) is 6.10 Å². The predicted molar refractivity (Wildman–Crippen MR) is 71.9 cm³/mol. The fourth-order valence-electron chi connectivity index (χ4n) is 2.41. The molecule has 0 bridgehead atoms. The van der Waals surface area contributed by atoms with E-state index in [0.717, 1.165) is 37.1 Å². The number of esters is 1. The van der Waals surface area contributed by atoms with Crippen LogP contribution in [0.3, 0.4) is 0 Å². The Morgan fingerprint density at radius 3 is 2.28 bits per heavy atom. The summed E-state index contributed by atoms with van der Waals surface area (Å²) < 4.78 is 5.57. The van der Waals surface area contributed by atoms with Crippen LogP contribution in [0.15, 0.2) is 18.2 Å². The molecule has 18 heavy (non-hydrogen) atoms. The topological polar surface area (TPSA) is 29.5 Å². The number of carbonyl (C=O) groups is 1. The van der Waals surface area contributed by atoms with Crippen LogP contribution in [0.5, 0.6) is 0 Å². The van der Waals surface area contributed by atoms with Crippen molar-refractivity contribution < 1.29 is 9.53 Å². The summed E-state index contributed by atoms with van der Waals surface area (Å²) in [7, 11) is 2.10. The first-order chi connectivity index (χ1) is 8.54. The molecule has 1 saturated heterocycles. The fraction of sp³-hybridized carbons (Fsp3) is 0.533. The maximum Gasteiger partial charge on any atom is 0.338 e. The van der Waals surface area contributed by atoms with Gasteiger partial charge in [-0.15, -0.1) is 0 Å². The van der Waals surface area contributed by atoms with Crippen molar-refractivity contribution in [2.24, 2.45) is 0 Å². The molecule has 1 fully saturated rings. The Hall–Kier alpha value is -1.35. The molecular weight excluding hydrogens is 226 g/mol. The van der Waals surface area contributed by atoms with Crippen molar-refractivity contribution >= 4 is 5.97 Å². The number of hydrogen-bond donors (Lipinski definition) is 0. The minimum Gasteiger partial charge on any atom is -0.459 e. The van der Waals surface area contributed by atoms with E-state index in [0.29, 0.717) is 5.56 Å². The van der Waals surface area contributed by atoms with Crippen LogP contribution in [-0.4, -0.2) is 37.1 Å². The summed E-state index contributed by atoms with van der Waals surface area (Å²) in [4.78, 5) is 14.3. The quantitative estimate of drug-likeness (QED) is 0.752. The molecule has 0 spiro atoms. The van der Waals surface area contributed by atoms with E-state index in [1.165, 1.54) is 0 Å². The van der Waals surface area contributed by atoms with E-state index in [1.807, 2.05) is 26.0 Å². The van der Waals surface area contributed by atoms with E-state index < -0.39 is 0 Å². The maximum atomic E-state index is 12.1. The lowest BCUT2D eigenvalue weighted by atomic mass is 10.1. The standard InChI is InChI=1S/C15H21NO2/c1-11-8-12(2)10-13(9-11)15(17)18-14-4-6-16(3)7-5-14/h8-10,14H,4-7H2,1-3H3. The lowest BCUT2D eigenvalue weighted by Crippen LogP contribution is -2.35. The van der Waals surface area contributed by atoms with E-state index in [4.69, 9.17) is 4.74 Å². The van der Waals surface area contributed by atoms with Crippen LogP contribution in [-0.2, 0) is 4.74 Å². The molecule has 0 unspecified atom stereocenters. The summed E-state index contributed by atoms with van der Waals surface area (Å²) in [6.07, 6.45) is 1.95. The Balaban J connectivity index is 1.99. The van der Waals surface area contributed by atoms with Crippen molar-refractivity contribution in [3.05, 3.63) is 34.9 Å². The van der Waals surface area contributed by atoms with Crippen LogP contribution in [0.4, 0.5) is 0 Å². The second-order valence-corrected chi connectivity index (χ2v) is 5.28. The fourth-order valence-corrected chi connectivity index (χ4v) is 2.41. The van der Waals surface area contributed by atoms with E-state index in [-0.39, 0.29) is 12.1 Å². The molecule has 3 heteroatoms. The van der Waals surface area contributed by atoms with Gasteiger partial charge in [0.2, 0.25) is 0 Å². The molecule has 0 saturated carbocycles. The molecule has 0 aliphatic carbocycles. The Bertz CT molecular complexity index is 414. The molecule has 1 heterocycles. The molecule has 0 N–H and O–H groups in total. The molecule has 98 valence electrons. The van der Waals surface area contributed by atoms with Crippen molar-refractivity contribution in [1.29, 1.82) is 0 Å². The largest absolute Gasteiger partial charge is 0.459 e. The smallest absolute Gasteiger partial charge is 0.338 e. The van der Waals surface area contributed by atoms with Crippen molar-refractivity contribution in [3.8, 4) is 0 Å². The first kappa shape index (κ1) is 13.1. The molecule has 2 rings (SSSR count). The summed E-state index contributed by atoms with van der Waals surface area (Å²) >= 11 is 0. The van der Waals surface area contributed by atoms with Crippen LogP contribution in [0.25, 0.3) is 0 Å². The highest BCUT2D eigenvalue weighted by Crippen LogP contribution is 2.16. The average molecular weight is 247 g/mol. The van der Waals surface area contributed by atoms with Crippen molar-refractivity contribution in [2.75, 3.05) is 20.1 Å². The maximum absolute atomic E-state index is 12.1. The SMILES string of the molecule is Cc1cc(C)cc(C(=O)OC2CCN(C)CC2)c1. The third-order valence-corrected chi connectivity index (χ3v) is 3.40. The van der Waals surface area contributed by atoms with Crippen molar-refractivity contribution in [1.82, 2.24) is 4.90 Å². The number of carbonyl (C=O) groups excluding carboxylic acids is 1. The molecule has 1 aromatic rings. The number of hydrogen-bond acceptors (Lipinski definition) is 3. The monoisotopic (exact) mass is 247 g/mol. The van der Waals surface area contributed by atoms with Gasteiger partial charge in [-0.2, -0.15) is 0 Å². The summed E-state index contributed by atoms with van der Waals surface area (Å²) in [6.45, 7) is 6.01. The summed E-state index contributed by atoms with van der Waals surface area (Å²) in [5.74, 6) is -0.184. The minimum absolute atomic E-state index is 0.0783. The lowest BCUT2D eigenvalue weighted by Gasteiger charge is -2.28. The average Bonchev–Trinajstić information content (AvgIpc) is 2.31. The third-order valence-electron chi connectivity index (χ3n) is 3.40. The molecule has 0 amide bonds. The number of benzene rings is 1. The number of rotatable bonds is 2. The summed E-state index contributed by atoms with van der Waals surface area (Å²) in [6, 6.07) is 5.85. The molecule has 3 nitrogen and oxygen atoms in total. The van der Waals surface area contributed by atoms with Crippen LogP contribution in [0.1, 0.15) is 34.3 Å². The highest BCUT2D eigenvalue weighted by Gasteiger charge is 2.21. The second kappa shape index (κ2) is 5.53. The van der Waals surface area contributed by atoms with Crippen molar-refractivity contribution in [2.45, 2.75) is 32.8 Å². The van der Waals surface area contributed by atoms with Gasteiger partial charge in [-0.05, 0) is 45.9 Å². The number of ether oxygens (including phenoxy) is 1. The second-order valence-electron chi connectivity index (χ2n) is 5.28. The van der Waals surface area contributed by atoms with Gasteiger partial charge in [0.15, 0.2) is 0 Å². The number of nitrogens with zero attached hydrogens (tertiary/aromatic N) is 1. The van der Waals surface area contributed by atoms with E-state index in [2.05, 4.69) is 18.0 Å². The normalized spacial score (nSPS) is 17.7. The molecule has 0 radical (unpaired) electrons. The molecule has 0 aromatic heterocycles. The van der Waals surface area contributed by atoms with Gasteiger partial charge in [0, 0.05) is 13.1 Å². The molecule has 1 aliphatic heterocycles. The Morgan fingerprint density at radius 2 is 1.72 bits per heavy atom. The zero-order valence-electron chi connectivity index (χ0n) is 11.4. The predicted octanol–water partition coefficient (Wildman–Crippen LogP) is 2.55. The summed E-state index contributed by atoms with van der Waals surface area (Å²) in [5.41, 5.74) is 2.88. The number of aryl methyl sites for hydroxylation is 2. The molecule has 1 aromatic carbocycles. The lowest BCUT2D eigenvalue weighted by molar-refractivity contribution is 0.0139.